The largest absolute Gasteiger partial charge is 0.396 e. The predicted molar refractivity (Wildman–Crippen MR) is 63.3 cm³/mol. The Balaban J connectivity index is 2.94. The van der Waals surface area contributed by atoms with Crippen molar-refractivity contribution in [1.29, 1.82) is 0 Å². The molecule has 3 heteroatoms. The summed E-state index contributed by atoms with van der Waals surface area (Å²) in [5.74, 6) is -0.246. The summed E-state index contributed by atoms with van der Waals surface area (Å²) in [5, 5.41) is 9.30. The minimum Gasteiger partial charge on any atom is -0.396 e. The molecule has 0 bridgehead atoms. The van der Waals surface area contributed by atoms with E-state index in [1.165, 1.54) is 6.07 Å². The third-order valence-electron chi connectivity index (χ3n) is 2.88. The highest BCUT2D eigenvalue weighted by Crippen LogP contribution is 2.30. The molecule has 0 heterocycles. The number of halogens is 2. The molecule has 1 aromatic carbocycles. The van der Waals surface area contributed by atoms with Gasteiger partial charge >= 0.3 is 0 Å². The van der Waals surface area contributed by atoms with Gasteiger partial charge in [-0.1, -0.05) is 26.0 Å². The van der Waals surface area contributed by atoms with Gasteiger partial charge in [-0.15, -0.1) is 0 Å². The van der Waals surface area contributed by atoms with Crippen molar-refractivity contribution >= 4 is 15.9 Å². The Hall–Kier alpha value is -0.410. The maximum Gasteiger partial charge on any atom is 0.137 e. The fourth-order valence-corrected chi connectivity index (χ4v) is 1.84. The second-order valence-corrected chi connectivity index (χ2v) is 5.01. The van der Waals surface area contributed by atoms with Crippen LogP contribution in [0.25, 0.3) is 0 Å². The maximum atomic E-state index is 13.3. The van der Waals surface area contributed by atoms with E-state index in [0.717, 1.165) is 12.0 Å². The second kappa shape index (κ2) is 5.08. The van der Waals surface area contributed by atoms with Crippen molar-refractivity contribution < 1.29 is 9.50 Å². The van der Waals surface area contributed by atoms with Gasteiger partial charge in [-0.25, -0.2) is 4.39 Å². The summed E-state index contributed by atoms with van der Waals surface area (Å²) in [7, 11) is 0. The van der Waals surface area contributed by atoms with E-state index in [1.807, 2.05) is 19.9 Å². The van der Waals surface area contributed by atoms with Crippen LogP contribution >= 0.6 is 15.9 Å². The number of hydrogen-bond acceptors (Lipinski definition) is 1. The van der Waals surface area contributed by atoms with E-state index in [2.05, 4.69) is 15.9 Å². The molecule has 0 saturated carbocycles. The van der Waals surface area contributed by atoms with Gasteiger partial charge in [0.2, 0.25) is 0 Å². The van der Waals surface area contributed by atoms with Gasteiger partial charge in [0.25, 0.3) is 0 Å². The molecule has 0 saturated heterocycles. The Morgan fingerprint density at radius 2 is 2.13 bits per heavy atom. The van der Waals surface area contributed by atoms with Gasteiger partial charge in [-0.2, -0.15) is 0 Å². The van der Waals surface area contributed by atoms with E-state index in [0.29, 0.717) is 10.9 Å². The van der Waals surface area contributed by atoms with Crippen LogP contribution in [-0.2, 0) is 6.42 Å². The Morgan fingerprint density at radius 3 is 2.67 bits per heavy atom. The van der Waals surface area contributed by atoms with Crippen LogP contribution in [0.15, 0.2) is 22.7 Å². The van der Waals surface area contributed by atoms with Gasteiger partial charge in [0.15, 0.2) is 0 Å². The van der Waals surface area contributed by atoms with Crippen LogP contribution in [0.1, 0.15) is 25.8 Å². The first kappa shape index (κ1) is 12.7. The zero-order chi connectivity index (χ0) is 11.5. The first-order valence-corrected chi connectivity index (χ1v) is 5.85. The SMILES string of the molecule is CCC(C)(CO)Cc1cccc(F)c1Br. The Kier molecular flexibility index (Phi) is 4.29. The summed E-state index contributed by atoms with van der Waals surface area (Å²) >= 11 is 3.23. The van der Waals surface area contributed by atoms with Crippen molar-refractivity contribution in [2.45, 2.75) is 26.7 Å². The van der Waals surface area contributed by atoms with Crippen LogP contribution in [0.4, 0.5) is 4.39 Å². The van der Waals surface area contributed by atoms with Crippen molar-refractivity contribution in [3.63, 3.8) is 0 Å². The predicted octanol–water partition coefficient (Wildman–Crippen LogP) is 3.54. The van der Waals surface area contributed by atoms with Gasteiger partial charge in [-0.3, -0.25) is 0 Å². The van der Waals surface area contributed by atoms with Crippen molar-refractivity contribution in [2.24, 2.45) is 5.41 Å². The molecule has 1 N–H and O–H groups in total. The lowest BCUT2D eigenvalue weighted by molar-refractivity contribution is 0.137. The zero-order valence-electron chi connectivity index (χ0n) is 9.06. The number of benzene rings is 1. The minimum absolute atomic E-state index is 0.118. The molecule has 1 nitrogen and oxygen atoms in total. The summed E-state index contributed by atoms with van der Waals surface area (Å²) in [6, 6.07) is 5.01. The number of aliphatic hydroxyl groups excluding tert-OH is 1. The lowest BCUT2D eigenvalue weighted by Crippen LogP contribution is -2.23. The molecule has 0 amide bonds. The molecule has 1 atom stereocenters. The monoisotopic (exact) mass is 274 g/mol. The summed E-state index contributed by atoms with van der Waals surface area (Å²) in [6.45, 7) is 4.15. The lowest BCUT2D eigenvalue weighted by atomic mass is 9.82. The number of hydrogen-bond donors (Lipinski definition) is 1. The molecule has 0 aliphatic carbocycles. The van der Waals surface area contributed by atoms with E-state index in [4.69, 9.17) is 0 Å². The zero-order valence-corrected chi connectivity index (χ0v) is 10.6. The molecule has 15 heavy (non-hydrogen) atoms. The highest BCUT2D eigenvalue weighted by Gasteiger charge is 2.23. The Labute approximate surface area is 98.4 Å². The Bertz CT molecular complexity index is 334. The summed E-state index contributed by atoms with van der Waals surface area (Å²) < 4.78 is 13.8. The van der Waals surface area contributed by atoms with Gasteiger partial charge in [0.1, 0.15) is 5.82 Å². The third-order valence-corrected chi connectivity index (χ3v) is 3.77. The summed E-state index contributed by atoms with van der Waals surface area (Å²) in [4.78, 5) is 0. The van der Waals surface area contributed by atoms with E-state index in [9.17, 15) is 9.50 Å². The summed E-state index contributed by atoms with van der Waals surface area (Å²) in [5.41, 5.74) is 0.740. The highest BCUT2D eigenvalue weighted by atomic mass is 79.9. The Morgan fingerprint density at radius 1 is 1.47 bits per heavy atom. The molecule has 0 fully saturated rings. The van der Waals surface area contributed by atoms with Gasteiger partial charge in [0, 0.05) is 6.61 Å². The van der Waals surface area contributed by atoms with Crippen LogP contribution in [0.3, 0.4) is 0 Å². The second-order valence-electron chi connectivity index (χ2n) is 4.21. The molecule has 1 unspecified atom stereocenters. The molecule has 1 aromatic rings. The maximum absolute atomic E-state index is 13.3. The molecule has 0 aliphatic heterocycles. The fourth-order valence-electron chi connectivity index (χ4n) is 1.44. The fraction of sp³-hybridized carbons (Fsp3) is 0.500. The molecule has 0 spiro atoms. The van der Waals surface area contributed by atoms with Crippen molar-refractivity contribution in [2.75, 3.05) is 6.61 Å². The highest BCUT2D eigenvalue weighted by molar-refractivity contribution is 9.10. The van der Waals surface area contributed by atoms with Crippen molar-refractivity contribution in [3.8, 4) is 0 Å². The van der Waals surface area contributed by atoms with Crippen molar-refractivity contribution in [1.82, 2.24) is 0 Å². The quantitative estimate of drug-likeness (QED) is 0.891. The van der Waals surface area contributed by atoms with Crippen LogP contribution in [0.2, 0.25) is 0 Å². The van der Waals surface area contributed by atoms with Crippen LogP contribution in [-0.4, -0.2) is 11.7 Å². The van der Waals surface area contributed by atoms with Crippen molar-refractivity contribution in [3.05, 3.63) is 34.1 Å². The van der Waals surface area contributed by atoms with E-state index in [1.54, 1.807) is 6.07 Å². The van der Waals surface area contributed by atoms with Crippen LogP contribution < -0.4 is 0 Å². The van der Waals surface area contributed by atoms with E-state index < -0.39 is 0 Å². The molecule has 84 valence electrons. The van der Waals surface area contributed by atoms with E-state index in [-0.39, 0.29) is 17.8 Å². The summed E-state index contributed by atoms with van der Waals surface area (Å²) in [6.07, 6.45) is 1.55. The van der Waals surface area contributed by atoms with Crippen LogP contribution in [0.5, 0.6) is 0 Å². The first-order chi connectivity index (χ1) is 7.02. The topological polar surface area (TPSA) is 20.2 Å². The van der Waals surface area contributed by atoms with E-state index >= 15 is 0 Å². The lowest BCUT2D eigenvalue weighted by Gasteiger charge is -2.26. The molecule has 0 radical (unpaired) electrons. The smallest absolute Gasteiger partial charge is 0.137 e. The number of aliphatic hydroxyl groups is 1. The molecule has 1 rings (SSSR count). The van der Waals surface area contributed by atoms with Crippen LogP contribution in [0, 0.1) is 11.2 Å². The minimum atomic E-state index is -0.246. The van der Waals surface area contributed by atoms with Gasteiger partial charge in [-0.05, 0) is 45.8 Å². The molecular formula is C12H16BrFO. The molecular weight excluding hydrogens is 259 g/mol. The molecule has 0 aromatic heterocycles. The van der Waals surface area contributed by atoms with Gasteiger partial charge < -0.3 is 5.11 Å². The molecule has 0 aliphatic rings. The first-order valence-electron chi connectivity index (χ1n) is 5.06. The normalized spacial score (nSPS) is 15.0. The third kappa shape index (κ3) is 3.02. The number of rotatable bonds is 4. The standard InChI is InChI=1S/C12H16BrFO/c1-3-12(2,8-15)7-9-5-4-6-10(14)11(9)13/h4-6,15H,3,7-8H2,1-2H3. The average molecular weight is 275 g/mol. The van der Waals surface area contributed by atoms with Gasteiger partial charge in [0.05, 0.1) is 4.47 Å². The average Bonchev–Trinajstić information content (AvgIpc) is 2.25.